The Bertz CT molecular complexity index is 915. The minimum atomic E-state index is -0.296. The second-order valence-corrected chi connectivity index (χ2v) is 6.85. The van der Waals surface area contributed by atoms with Crippen molar-refractivity contribution in [3.05, 3.63) is 58.6 Å². The van der Waals surface area contributed by atoms with Crippen molar-refractivity contribution < 1.29 is 4.79 Å². The molecule has 0 atom stereocenters. The van der Waals surface area contributed by atoms with E-state index in [1.807, 2.05) is 37.3 Å². The third kappa shape index (κ3) is 3.42. The van der Waals surface area contributed by atoms with Gasteiger partial charge in [-0.3, -0.25) is 4.79 Å². The van der Waals surface area contributed by atoms with Crippen molar-refractivity contribution in [1.82, 2.24) is 24.9 Å². The molecule has 0 aliphatic carbocycles. The minimum Gasteiger partial charge on any atom is -0.348 e. The number of aryl methyl sites for hydroxylation is 1. The van der Waals surface area contributed by atoms with Gasteiger partial charge in [0.2, 0.25) is 5.82 Å². The molecule has 0 saturated carbocycles. The molecule has 0 fully saturated rings. The number of carbonyl (C=O) groups is 1. The molecule has 0 bridgehead atoms. The largest absolute Gasteiger partial charge is 0.348 e. The van der Waals surface area contributed by atoms with Crippen LogP contribution in [0.5, 0.6) is 0 Å². The highest BCUT2D eigenvalue weighted by molar-refractivity contribution is 6.30. The molecule has 7 heteroatoms. The first-order valence-corrected chi connectivity index (χ1v) is 9.09. The molecule has 0 unspecified atom stereocenters. The number of nitrogens with one attached hydrogen (secondary N) is 1. The first-order valence-electron chi connectivity index (χ1n) is 8.71. The Morgan fingerprint density at radius 2 is 1.88 bits per heavy atom. The minimum absolute atomic E-state index is 0.129. The summed E-state index contributed by atoms with van der Waals surface area (Å²) < 4.78 is 1.57. The highest BCUT2D eigenvalue weighted by atomic mass is 35.5. The molecule has 6 nitrogen and oxygen atoms in total. The average Bonchev–Trinajstić information content (AvgIpc) is 3.10. The van der Waals surface area contributed by atoms with Crippen LogP contribution < -0.4 is 5.32 Å². The average molecular weight is 372 g/mol. The van der Waals surface area contributed by atoms with Gasteiger partial charge in [-0.2, -0.15) is 4.98 Å². The summed E-state index contributed by atoms with van der Waals surface area (Å²) in [7, 11) is 0. The fraction of sp³-hybridized carbons (Fsp3) is 0.368. The maximum atomic E-state index is 12.6. The van der Waals surface area contributed by atoms with Gasteiger partial charge in [0, 0.05) is 28.9 Å². The van der Waals surface area contributed by atoms with Crippen LogP contribution >= 0.6 is 11.6 Å². The van der Waals surface area contributed by atoms with Crippen LogP contribution in [0.25, 0.3) is 5.78 Å². The van der Waals surface area contributed by atoms with Crippen LogP contribution in [-0.2, 0) is 5.41 Å². The summed E-state index contributed by atoms with van der Waals surface area (Å²) >= 11 is 6.01. The lowest BCUT2D eigenvalue weighted by Crippen LogP contribution is -2.40. The van der Waals surface area contributed by atoms with Gasteiger partial charge in [-0.15, -0.1) is 5.10 Å². The van der Waals surface area contributed by atoms with E-state index in [1.165, 1.54) is 0 Å². The molecule has 3 aromatic rings. The Hall–Kier alpha value is -2.47. The number of hydrogen-bond donors (Lipinski definition) is 1. The molecule has 26 heavy (non-hydrogen) atoms. The van der Waals surface area contributed by atoms with E-state index in [9.17, 15) is 4.79 Å². The Labute approximate surface area is 157 Å². The summed E-state index contributed by atoms with van der Waals surface area (Å²) in [4.78, 5) is 21.0. The van der Waals surface area contributed by atoms with Gasteiger partial charge in [-0.1, -0.05) is 37.6 Å². The van der Waals surface area contributed by atoms with E-state index < -0.39 is 0 Å². The molecule has 0 saturated heterocycles. The molecule has 0 aliphatic heterocycles. The number of aromatic nitrogens is 4. The van der Waals surface area contributed by atoms with Crippen molar-refractivity contribution in [1.29, 1.82) is 0 Å². The molecule has 3 rings (SSSR count). The molecule has 0 radical (unpaired) electrons. The Morgan fingerprint density at radius 1 is 1.19 bits per heavy atom. The van der Waals surface area contributed by atoms with E-state index in [-0.39, 0.29) is 17.1 Å². The van der Waals surface area contributed by atoms with Crippen LogP contribution in [0.3, 0.4) is 0 Å². The van der Waals surface area contributed by atoms with E-state index in [4.69, 9.17) is 11.6 Å². The molecule has 1 N–H and O–H groups in total. The molecule has 1 amide bonds. The van der Waals surface area contributed by atoms with Crippen molar-refractivity contribution in [2.45, 2.75) is 39.0 Å². The van der Waals surface area contributed by atoms with Crippen molar-refractivity contribution >= 4 is 23.3 Å². The second kappa shape index (κ2) is 7.41. The van der Waals surface area contributed by atoms with Crippen LogP contribution in [0.4, 0.5) is 0 Å². The van der Waals surface area contributed by atoms with Gasteiger partial charge in [0.1, 0.15) is 0 Å². The number of fused-ring (bicyclic) bond motifs is 1. The van der Waals surface area contributed by atoms with Gasteiger partial charge in [0.25, 0.3) is 11.7 Å². The Balaban J connectivity index is 1.80. The molecule has 0 spiro atoms. The number of nitrogens with zero attached hydrogens (tertiary/aromatic N) is 4. The topological polar surface area (TPSA) is 72.2 Å². The lowest BCUT2D eigenvalue weighted by atomic mass is 9.76. The van der Waals surface area contributed by atoms with Gasteiger partial charge < -0.3 is 5.32 Å². The quantitative estimate of drug-likeness (QED) is 0.718. The van der Waals surface area contributed by atoms with Crippen LogP contribution in [0.15, 0.2) is 36.5 Å². The standard InChI is InChI=1S/C19H22ClN5O/c1-4-19(5-2,14-6-8-15(20)9-7-14)12-22-17(26)16-23-18-21-11-10-13(3)25(18)24-16/h6-11H,4-5,12H2,1-3H3,(H,22,26). The van der Waals surface area contributed by atoms with Gasteiger partial charge >= 0.3 is 0 Å². The number of hydrogen-bond acceptors (Lipinski definition) is 4. The highest BCUT2D eigenvalue weighted by Crippen LogP contribution is 2.31. The fourth-order valence-corrected chi connectivity index (χ4v) is 3.27. The third-order valence-corrected chi connectivity index (χ3v) is 5.28. The zero-order chi connectivity index (χ0) is 18.7. The van der Waals surface area contributed by atoms with Crippen LogP contribution in [0.1, 0.15) is 48.6 Å². The molecule has 2 heterocycles. The molecular weight excluding hydrogens is 350 g/mol. The predicted octanol–water partition coefficient (Wildman–Crippen LogP) is 3.57. The van der Waals surface area contributed by atoms with E-state index in [1.54, 1.807) is 10.7 Å². The summed E-state index contributed by atoms with van der Waals surface area (Å²) in [6, 6.07) is 9.65. The normalized spacial score (nSPS) is 11.7. The van der Waals surface area contributed by atoms with E-state index >= 15 is 0 Å². The summed E-state index contributed by atoms with van der Waals surface area (Å²) in [5, 5.41) is 7.96. The summed E-state index contributed by atoms with van der Waals surface area (Å²) in [6.45, 7) is 6.65. The van der Waals surface area contributed by atoms with Crippen LogP contribution in [0.2, 0.25) is 5.02 Å². The van der Waals surface area contributed by atoms with Crippen molar-refractivity contribution in [2.75, 3.05) is 6.54 Å². The number of amides is 1. The van der Waals surface area contributed by atoms with E-state index in [2.05, 4.69) is 34.2 Å². The monoisotopic (exact) mass is 371 g/mol. The summed E-state index contributed by atoms with van der Waals surface area (Å²) in [6.07, 6.45) is 3.44. The maximum Gasteiger partial charge on any atom is 0.291 e. The van der Waals surface area contributed by atoms with Gasteiger partial charge in [-0.25, -0.2) is 9.50 Å². The third-order valence-electron chi connectivity index (χ3n) is 5.03. The summed E-state index contributed by atoms with van der Waals surface area (Å²) in [5.41, 5.74) is 1.87. The van der Waals surface area contributed by atoms with Crippen LogP contribution in [0, 0.1) is 6.92 Å². The predicted molar refractivity (Wildman–Crippen MR) is 102 cm³/mol. The van der Waals surface area contributed by atoms with Crippen molar-refractivity contribution in [2.24, 2.45) is 0 Å². The van der Waals surface area contributed by atoms with E-state index in [0.29, 0.717) is 17.3 Å². The fourth-order valence-electron chi connectivity index (χ4n) is 3.14. The SMILES string of the molecule is CCC(CC)(CNC(=O)c1nc2nccc(C)n2n1)c1ccc(Cl)cc1. The van der Waals surface area contributed by atoms with Crippen molar-refractivity contribution in [3.63, 3.8) is 0 Å². The zero-order valence-electron chi connectivity index (χ0n) is 15.2. The Kier molecular flexibility index (Phi) is 5.23. The number of carbonyl (C=O) groups excluding carboxylic acids is 1. The summed E-state index contributed by atoms with van der Waals surface area (Å²) in [5.74, 6) is 0.254. The van der Waals surface area contributed by atoms with Crippen LogP contribution in [-0.4, -0.2) is 32.0 Å². The highest BCUT2D eigenvalue weighted by Gasteiger charge is 2.29. The van der Waals surface area contributed by atoms with Gasteiger partial charge in [0.05, 0.1) is 0 Å². The Morgan fingerprint density at radius 3 is 2.50 bits per heavy atom. The van der Waals surface area contributed by atoms with Crippen molar-refractivity contribution in [3.8, 4) is 0 Å². The lowest BCUT2D eigenvalue weighted by Gasteiger charge is -2.32. The lowest BCUT2D eigenvalue weighted by molar-refractivity contribution is 0.0931. The number of halogens is 1. The molecule has 1 aromatic carbocycles. The van der Waals surface area contributed by atoms with E-state index in [0.717, 1.165) is 24.1 Å². The first-order chi connectivity index (χ1) is 12.5. The molecule has 0 aliphatic rings. The van der Waals surface area contributed by atoms with Gasteiger partial charge in [0.15, 0.2) is 0 Å². The molecule has 2 aromatic heterocycles. The molecular formula is C19H22ClN5O. The zero-order valence-corrected chi connectivity index (χ0v) is 15.9. The second-order valence-electron chi connectivity index (χ2n) is 6.41. The number of benzene rings is 1. The first kappa shape index (κ1) is 18.3. The number of rotatable bonds is 6. The molecule has 136 valence electrons. The smallest absolute Gasteiger partial charge is 0.291 e. The van der Waals surface area contributed by atoms with Gasteiger partial charge in [-0.05, 0) is 43.5 Å². The maximum absolute atomic E-state index is 12.6.